The molecule has 0 aliphatic carbocycles. The van der Waals surface area contributed by atoms with E-state index in [0.29, 0.717) is 18.5 Å². The molecule has 0 radical (unpaired) electrons. The van der Waals surface area contributed by atoms with Crippen molar-refractivity contribution in [1.29, 1.82) is 0 Å². The smallest absolute Gasteiger partial charge is 0.252 e. The van der Waals surface area contributed by atoms with Crippen LogP contribution in [-0.4, -0.2) is 37.0 Å². The van der Waals surface area contributed by atoms with Gasteiger partial charge in [-0.05, 0) is 43.7 Å². The SMILES string of the molecule is Cc1sc2ncnc(Sc3ccccc3C(=O)NCCc3nnc4ccccn34)c2c1C. The van der Waals surface area contributed by atoms with E-state index < -0.39 is 0 Å². The number of benzene rings is 1. The summed E-state index contributed by atoms with van der Waals surface area (Å²) >= 11 is 3.17. The van der Waals surface area contributed by atoms with Gasteiger partial charge in [0.1, 0.15) is 22.0 Å². The number of aromatic nitrogens is 5. The highest BCUT2D eigenvalue weighted by Gasteiger charge is 2.17. The number of carbonyl (C=O) groups excluding carboxylic acids is 1. The van der Waals surface area contributed by atoms with E-state index in [1.54, 1.807) is 17.7 Å². The molecule has 0 unspecified atom stereocenters. The molecule has 0 aliphatic heterocycles. The summed E-state index contributed by atoms with van der Waals surface area (Å²) in [4.78, 5) is 25.0. The first-order valence-electron chi connectivity index (χ1n) is 10.2. The molecule has 1 aromatic carbocycles. The molecule has 0 atom stereocenters. The fourth-order valence-electron chi connectivity index (χ4n) is 3.52. The minimum atomic E-state index is -0.120. The van der Waals surface area contributed by atoms with Crippen LogP contribution in [0.1, 0.15) is 26.6 Å². The average Bonchev–Trinajstić information content (AvgIpc) is 3.35. The van der Waals surface area contributed by atoms with E-state index in [1.165, 1.54) is 22.2 Å². The Bertz CT molecular complexity index is 1440. The van der Waals surface area contributed by atoms with Gasteiger partial charge in [-0.2, -0.15) is 0 Å². The maximum absolute atomic E-state index is 13.0. The van der Waals surface area contributed by atoms with E-state index in [9.17, 15) is 4.79 Å². The molecule has 0 spiro atoms. The molecule has 1 amide bonds. The van der Waals surface area contributed by atoms with Gasteiger partial charge in [-0.15, -0.1) is 21.5 Å². The second kappa shape index (κ2) is 8.68. The number of hydrogen-bond acceptors (Lipinski definition) is 7. The van der Waals surface area contributed by atoms with Crippen LogP contribution in [0, 0.1) is 13.8 Å². The number of pyridine rings is 1. The first kappa shape index (κ1) is 20.6. The first-order chi connectivity index (χ1) is 15.6. The second-order valence-corrected chi connectivity index (χ2v) is 9.53. The number of rotatable bonds is 6. The van der Waals surface area contributed by atoms with Crippen LogP contribution in [0.2, 0.25) is 0 Å². The van der Waals surface area contributed by atoms with Gasteiger partial charge in [-0.3, -0.25) is 9.20 Å². The summed E-state index contributed by atoms with van der Waals surface area (Å²) in [5.41, 5.74) is 2.61. The number of hydrogen-bond donors (Lipinski definition) is 1. The van der Waals surface area contributed by atoms with Crippen molar-refractivity contribution >= 4 is 44.9 Å². The molecule has 4 heterocycles. The number of thiophene rings is 1. The largest absolute Gasteiger partial charge is 0.352 e. The summed E-state index contributed by atoms with van der Waals surface area (Å²) in [6.45, 7) is 4.65. The highest BCUT2D eigenvalue weighted by molar-refractivity contribution is 7.99. The zero-order chi connectivity index (χ0) is 22.1. The average molecular weight is 461 g/mol. The maximum Gasteiger partial charge on any atom is 0.252 e. The molecular weight excluding hydrogens is 440 g/mol. The fraction of sp³-hybridized carbons (Fsp3) is 0.174. The number of nitrogens with zero attached hydrogens (tertiary/aromatic N) is 5. The minimum Gasteiger partial charge on any atom is -0.352 e. The van der Waals surface area contributed by atoms with Crippen molar-refractivity contribution < 1.29 is 4.79 Å². The molecule has 0 bridgehead atoms. The summed E-state index contributed by atoms with van der Waals surface area (Å²) in [5.74, 6) is 0.695. The minimum absolute atomic E-state index is 0.120. The Kier molecular flexibility index (Phi) is 5.59. The third kappa shape index (κ3) is 3.85. The lowest BCUT2D eigenvalue weighted by Gasteiger charge is -2.10. The van der Waals surface area contributed by atoms with Crippen molar-refractivity contribution in [2.75, 3.05) is 6.54 Å². The summed E-state index contributed by atoms with van der Waals surface area (Å²) in [7, 11) is 0. The van der Waals surface area contributed by atoms with Gasteiger partial charge in [0.25, 0.3) is 5.91 Å². The van der Waals surface area contributed by atoms with Gasteiger partial charge in [0.15, 0.2) is 5.65 Å². The molecule has 5 rings (SSSR count). The summed E-state index contributed by atoms with van der Waals surface area (Å²) < 4.78 is 1.93. The Labute approximate surface area is 192 Å². The Morgan fingerprint density at radius 3 is 2.84 bits per heavy atom. The van der Waals surface area contributed by atoms with Gasteiger partial charge < -0.3 is 5.32 Å². The zero-order valence-corrected chi connectivity index (χ0v) is 19.2. The van der Waals surface area contributed by atoms with E-state index in [0.717, 1.165) is 31.6 Å². The molecule has 7 nitrogen and oxygen atoms in total. The molecule has 0 aliphatic rings. The maximum atomic E-state index is 13.0. The lowest BCUT2D eigenvalue weighted by molar-refractivity contribution is 0.0951. The Morgan fingerprint density at radius 1 is 1.09 bits per heavy atom. The lowest BCUT2D eigenvalue weighted by atomic mass is 10.2. The molecule has 4 aromatic heterocycles. The standard InChI is InChI=1S/C23H20N6OS2/c1-14-15(2)31-22-20(14)23(26-13-25-22)32-17-8-4-3-7-16(17)21(30)24-11-10-19-28-27-18-9-5-6-12-29(18)19/h3-9,12-13H,10-11H2,1-2H3,(H,24,30). The highest BCUT2D eigenvalue weighted by Crippen LogP contribution is 2.38. The third-order valence-electron chi connectivity index (χ3n) is 5.29. The van der Waals surface area contributed by atoms with E-state index >= 15 is 0 Å². The number of aryl methyl sites for hydroxylation is 2. The predicted molar refractivity (Wildman–Crippen MR) is 126 cm³/mol. The summed E-state index contributed by atoms with van der Waals surface area (Å²) in [5, 5.41) is 13.3. The van der Waals surface area contributed by atoms with Crippen molar-refractivity contribution in [3.8, 4) is 0 Å². The van der Waals surface area contributed by atoms with E-state index in [-0.39, 0.29) is 5.91 Å². The van der Waals surface area contributed by atoms with Crippen molar-refractivity contribution in [2.24, 2.45) is 0 Å². The molecule has 0 saturated heterocycles. The van der Waals surface area contributed by atoms with Crippen LogP contribution in [-0.2, 0) is 6.42 Å². The normalized spacial score (nSPS) is 11.3. The van der Waals surface area contributed by atoms with Gasteiger partial charge in [0.2, 0.25) is 0 Å². The predicted octanol–water partition coefficient (Wildman–Crippen LogP) is 4.47. The van der Waals surface area contributed by atoms with E-state index in [2.05, 4.69) is 39.3 Å². The van der Waals surface area contributed by atoms with Crippen molar-refractivity contribution in [1.82, 2.24) is 29.9 Å². The summed E-state index contributed by atoms with van der Waals surface area (Å²) in [6.07, 6.45) is 4.10. The zero-order valence-electron chi connectivity index (χ0n) is 17.6. The molecule has 0 saturated carbocycles. The quantitative estimate of drug-likeness (QED) is 0.376. The molecular formula is C23H20N6OS2. The van der Waals surface area contributed by atoms with E-state index in [4.69, 9.17) is 0 Å². The van der Waals surface area contributed by atoms with Crippen LogP contribution in [0.4, 0.5) is 0 Å². The van der Waals surface area contributed by atoms with E-state index in [1.807, 2.05) is 53.1 Å². The first-order valence-corrected chi connectivity index (χ1v) is 11.8. The number of amides is 1. The highest BCUT2D eigenvalue weighted by atomic mass is 32.2. The molecule has 5 aromatic rings. The van der Waals surface area contributed by atoms with Crippen molar-refractivity contribution in [3.63, 3.8) is 0 Å². The Morgan fingerprint density at radius 2 is 1.94 bits per heavy atom. The van der Waals surface area contributed by atoms with Crippen molar-refractivity contribution in [2.45, 2.75) is 30.2 Å². The van der Waals surface area contributed by atoms with Gasteiger partial charge in [-0.1, -0.05) is 30.0 Å². The van der Waals surface area contributed by atoms with Crippen LogP contribution >= 0.6 is 23.1 Å². The second-order valence-electron chi connectivity index (χ2n) is 7.29. The Balaban J connectivity index is 1.34. The van der Waals surface area contributed by atoms with Crippen LogP contribution < -0.4 is 5.32 Å². The fourth-order valence-corrected chi connectivity index (χ4v) is 5.66. The third-order valence-corrected chi connectivity index (χ3v) is 7.48. The van der Waals surface area contributed by atoms with Crippen LogP contribution in [0.3, 0.4) is 0 Å². The number of nitrogens with one attached hydrogen (secondary N) is 1. The lowest BCUT2D eigenvalue weighted by Crippen LogP contribution is -2.26. The van der Waals surface area contributed by atoms with Crippen molar-refractivity contribution in [3.05, 3.63) is 76.8 Å². The molecule has 0 fully saturated rings. The van der Waals surface area contributed by atoms with Crippen LogP contribution in [0.25, 0.3) is 15.9 Å². The molecule has 160 valence electrons. The van der Waals surface area contributed by atoms with Crippen LogP contribution in [0.5, 0.6) is 0 Å². The van der Waals surface area contributed by atoms with Gasteiger partial charge in [0.05, 0.1) is 5.56 Å². The number of fused-ring (bicyclic) bond motifs is 2. The summed E-state index contributed by atoms with van der Waals surface area (Å²) in [6, 6.07) is 13.4. The topological polar surface area (TPSA) is 85.1 Å². The van der Waals surface area contributed by atoms with Gasteiger partial charge >= 0.3 is 0 Å². The van der Waals surface area contributed by atoms with Gasteiger partial charge in [0, 0.05) is 34.3 Å². The molecule has 9 heteroatoms. The molecule has 32 heavy (non-hydrogen) atoms. The number of carbonyl (C=O) groups is 1. The van der Waals surface area contributed by atoms with Crippen LogP contribution in [0.15, 0.2) is 64.9 Å². The monoisotopic (exact) mass is 460 g/mol. The molecule has 1 N–H and O–H groups in total. The Hall–Kier alpha value is -3.30. The van der Waals surface area contributed by atoms with Gasteiger partial charge in [-0.25, -0.2) is 9.97 Å².